The van der Waals surface area contributed by atoms with Crippen LogP contribution < -0.4 is 0 Å². The van der Waals surface area contributed by atoms with Crippen LogP contribution in [0.3, 0.4) is 0 Å². The largest absolute Gasteiger partial charge is 0.397 e. The highest BCUT2D eigenvalue weighted by molar-refractivity contribution is 5.76. The van der Waals surface area contributed by atoms with Crippen LogP contribution in [0.25, 0.3) is 0 Å². The molecule has 0 N–H and O–H groups in total. The molecule has 1 aromatic carbocycles. The first kappa shape index (κ1) is 15.8. The molecular weight excluding hydrogens is 281 g/mol. The van der Waals surface area contributed by atoms with Gasteiger partial charge in [0.15, 0.2) is 0 Å². The van der Waals surface area contributed by atoms with Gasteiger partial charge >= 0.3 is 6.18 Å². The van der Waals surface area contributed by atoms with E-state index in [9.17, 15) is 18.0 Å². The fraction of sp³-hybridized carbons (Fsp3) is 0.533. The number of nitrogens with zero attached hydrogens (tertiary/aromatic N) is 2. The van der Waals surface area contributed by atoms with Crippen LogP contribution >= 0.6 is 0 Å². The summed E-state index contributed by atoms with van der Waals surface area (Å²) >= 11 is 0. The monoisotopic (exact) mass is 300 g/mol. The molecule has 1 aromatic rings. The van der Waals surface area contributed by atoms with Crippen LogP contribution in [0.4, 0.5) is 13.2 Å². The van der Waals surface area contributed by atoms with E-state index in [0.717, 1.165) is 6.54 Å². The van der Waals surface area contributed by atoms with E-state index in [1.807, 2.05) is 25.1 Å². The van der Waals surface area contributed by atoms with Gasteiger partial charge in [0, 0.05) is 32.7 Å². The van der Waals surface area contributed by atoms with Gasteiger partial charge in [-0.25, -0.2) is 0 Å². The molecule has 0 unspecified atom stereocenters. The third-order valence-electron chi connectivity index (χ3n) is 3.73. The smallest absolute Gasteiger partial charge is 0.340 e. The van der Waals surface area contributed by atoms with Crippen LogP contribution in [-0.2, 0) is 11.3 Å². The molecule has 0 atom stereocenters. The molecule has 1 saturated heterocycles. The SMILES string of the molecule is Cc1ccccc1CN1CCN(C(=O)CC(F)(F)F)CC1. The summed E-state index contributed by atoms with van der Waals surface area (Å²) in [5.74, 6) is -0.821. The molecule has 0 bridgehead atoms. The summed E-state index contributed by atoms with van der Waals surface area (Å²) < 4.78 is 36.6. The Kier molecular flexibility index (Phi) is 4.88. The number of alkyl halides is 3. The van der Waals surface area contributed by atoms with Gasteiger partial charge in [0.2, 0.25) is 5.91 Å². The van der Waals surface area contributed by atoms with Crippen LogP contribution in [0.15, 0.2) is 24.3 Å². The van der Waals surface area contributed by atoms with Crippen molar-refractivity contribution in [3.8, 4) is 0 Å². The van der Waals surface area contributed by atoms with E-state index in [-0.39, 0.29) is 0 Å². The lowest BCUT2D eigenvalue weighted by Gasteiger charge is -2.35. The molecule has 116 valence electrons. The summed E-state index contributed by atoms with van der Waals surface area (Å²) in [5.41, 5.74) is 2.42. The summed E-state index contributed by atoms with van der Waals surface area (Å²) in [5, 5.41) is 0. The molecule has 3 nitrogen and oxygen atoms in total. The molecule has 1 amide bonds. The van der Waals surface area contributed by atoms with Gasteiger partial charge in [-0.3, -0.25) is 9.69 Å². The van der Waals surface area contributed by atoms with Crippen molar-refractivity contribution < 1.29 is 18.0 Å². The average molecular weight is 300 g/mol. The average Bonchev–Trinajstić information content (AvgIpc) is 2.40. The Labute approximate surface area is 122 Å². The lowest BCUT2D eigenvalue weighted by molar-refractivity contribution is -0.162. The molecule has 1 heterocycles. The first-order valence-electron chi connectivity index (χ1n) is 6.96. The second-order valence-corrected chi connectivity index (χ2v) is 5.38. The van der Waals surface area contributed by atoms with Gasteiger partial charge in [-0.1, -0.05) is 24.3 Å². The van der Waals surface area contributed by atoms with E-state index in [2.05, 4.69) is 11.0 Å². The van der Waals surface area contributed by atoms with Crippen LogP contribution in [-0.4, -0.2) is 48.1 Å². The maximum absolute atomic E-state index is 12.2. The molecular formula is C15H19F3N2O. The Morgan fingerprint density at radius 3 is 2.33 bits per heavy atom. The number of halogens is 3. The van der Waals surface area contributed by atoms with Crippen molar-refractivity contribution in [3.63, 3.8) is 0 Å². The Balaban J connectivity index is 1.83. The van der Waals surface area contributed by atoms with E-state index >= 15 is 0 Å². The lowest BCUT2D eigenvalue weighted by Crippen LogP contribution is -2.49. The minimum Gasteiger partial charge on any atom is -0.340 e. The summed E-state index contributed by atoms with van der Waals surface area (Å²) in [4.78, 5) is 15.0. The normalized spacial score (nSPS) is 17.0. The number of piperazine rings is 1. The molecule has 0 radical (unpaired) electrons. The zero-order valence-corrected chi connectivity index (χ0v) is 12.0. The molecule has 0 spiro atoms. The topological polar surface area (TPSA) is 23.6 Å². The van der Waals surface area contributed by atoms with E-state index in [1.165, 1.54) is 16.0 Å². The van der Waals surface area contributed by atoms with Crippen LogP contribution in [0, 0.1) is 6.92 Å². The zero-order valence-electron chi connectivity index (χ0n) is 12.0. The molecule has 2 rings (SSSR count). The van der Waals surface area contributed by atoms with Gasteiger partial charge in [0.1, 0.15) is 6.42 Å². The maximum atomic E-state index is 12.2. The molecule has 1 aliphatic heterocycles. The zero-order chi connectivity index (χ0) is 15.5. The standard InChI is InChI=1S/C15H19F3N2O/c1-12-4-2-3-5-13(12)11-19-6-8-20(9-7-19)14(21)10-15(16,17)18/h2-5H,6-11H2,1H3. The first-order valence-corrected chi connectivity index (χ1v) is 6.96. The van der Waals surface area contributed by atoms with E-state index < -0.39 is 18.5 Å². The third kappa shape index (κ3) is 4.74. The Bertz CT molecular complexity index is 494. The number of amides is 1. The fourth-order valence-electron chi connectivity index (χ4n) is 2.47. The Morgan fingerprint density at radius 1 is 1.14 bits per heavy atom. The van der Waals surface area contributed by atoms with Gasteiger partial charge in [-0.15, -0.1) is 0 Å². The summed E-state index contributed by atoms with van der Waals surface area (Å²) in [6.45, 7) is 4.75. The molecule has 0 aliphatic carbocycles. The minimum absolute atomic E-state index is 0.362. The van der Waals surface area contributed by atoms with Gasteiger partial charge in [-0.2, -0.15) is 13.2 Å². The summed E-state index contributed by atoms with van der Waals surface area (Å²) in [7, 11) is 0. The summed E-state index contributed by atoms with van der Waals surface area (Å²) in [6.07, 6.45) is -5.78. The van der Waals surface area contributed by atoms with Crippen LogP contribution in [0.5, 0.6) is 0 Å². The van der Waals surface area contributed by atoms with Gasteiger partial charge in [-0.05, 0) is 18.1 Å². The van der Waals surface area contributed by atoms with Crippen LogP contribution in [0.2, 0.25) is 0 Å². The number of hydrogen-bond donors (Lipinski definition) is 0. The van der Waals surface area contributed by atoms with Crippen molar-refractivity contribution in [2.75, 3.05) is 26.2 Å². The number of carbonyl (C=O) groups is 1. The minimum atomic E-state index is -4.42. The van der Waals surface area contributed by atoms with Gasteiger partial charge < -0.3 is 4.90 Å². The van der Waals surface area contributed by atoms with Crippen molar-refractivity contribution in [1.82, 2.24) is 9.80 Å². The van der Waals surface area contributed by atoms with Crippen molar-refractivity contribution in [2.45, 2.75) is 26.1 Å². The Morgan fingerprint density at radius 2 is 1.76 bits per heavy atom. The number of hydrogen-bond acceptors (Lipinski definition) is 2. The van der Waals surface area contributed by atoms with E-state index in [0.29, 0.717) is 26.2 Å². The number of benzene rings is 1. The van der Waals surface area contributed by atoms with Crippen molar-refractivity contribution in [1.29, 1.82) is 0 Å². The fourth-order valence-corrected chi connectivity index (χ4v) is 2.47. The van der Waals surface area contributed by atoms with Crippen molar-refractivity contribution in [3.05, 3.63) is 35.4 Å². The first-order chi connectivity index (χ1) is 9.85. The molecule has 1 aliphatic rings. The summed E-state index contributed by atoms with van der Waals surface area (Å²) in [6, 6.07) is 8.05. The predicted octanol–water partition coefficient (Wildman–Crippen LogP) is 2.59. The highest BCUT2D eigenvalue weighted by Crippen LogP contribution is 2.21. The number of aryl methyl sites for hydroxylation is 1. The molecule has 21 heavy (non-hydrogen) atoms. The maximum Gasteiger partial charge on any atom is 0.397 e. The second-order valence-electron chi connectivity index (χ2n) is 5.38. The third-order valence-corrected chi connectivity index (χ3v) is 3.73. The molecule has 0 saturated carbocycles. The molecule has 1 fully saturated rings. The van der Waals surface area contributed by atoms with Crippen molar-refractivity contribution in [2.24, 2.45) is 0 Å². The molecule has 0 aromatic heterocycles. The second kappa shape index (κ2) is 6.47. The highest BCUT2D eigenvalue weighted by Gasteiger charge is 2.34. The number of rotatable bonds is 3. The predicted molar refractivity (Wildman–Crippen MR) is 73.7 cm³/mol. The lowest BCUT2D eigenvalue weighted by atomic mass is 10.1. The Hall–Kier alpha value is -1.56. The van der Waals surface area contributed by atoms with E-state index in [1.54, 1.807) is 0 Å². The van der Waals surface area contributed by atoms with E-state index in [4.69, 9.17) is 0 Å². The highest BCUT2D eigenvalue weighted by atomic mass is 19.4. The van der Waals surface area contributed by atoms with Crippen LogP contribution in [0.1, 0.15) is 17.5 Å². The molecule has 6 heteroatoms. The van der Waals surface area contributed by atoms with Crippen molar-refractivity contribution >= 4 is 5.91 Å². The quantitative estimate of drug-likeness (QED) is 0.856. The van der Waals surface area contributed by atoms with Gasteiger partial charge in [0.25, 0.3) is 0 Å². The number of carbonyl (C=O) groups excluding carboxylic acids is 1. The van der Waals surface area contributed by atoms with Gasteiger partial charge in [0.05, 0.1) is 0 Å².